The van der Waals surface area contributed by atoms with Gasteiger partial charge in [-0.2, -0.15) is 0 Å². The first kappa shape index (κ1) is 21.4. The molecule has 0 bridgehead atoms. The van der Waals surface area contributed by atoms with Crippen LogP contribution in [0.1, 0.15) is 18.4 Å². The van der Waals surface area contributed by atoms with Crippen molar-refractivity contribution in [2.45, 2.75) is 31.0 Å². The van der Waals surface area contributed by atoms with E-state index in [0.717, 1.165) is 5.56 Å². The largest absolute Gasteiger partial charge is 0.508 e. The lowest BCUT2D eigenvalue weighted by Crippen LogP contribution is -2.66. The molecule has 0 fully saturated rings. The topological polar surface area (TPSA) is 209 Å². The highest BCUT2D eigenvalue weighted by Crippen LogP contribution is 2.17. The summed E-state index contributed by atoms with van der Waals surface area (Å²) >= 11 is 0. The highest BCUT2D eigenvalue weighted by molar-refractivity contribution is 5.85. The van der Waals surface area contributed by atoms with Gasteiger partial charge in [-0.15, -0.1) is 0 Å². The molecule has 0 heterocycles. The summed E-state index contributed by atoms with van der Waals surface area (Å²) in [4.78, 5) is 23.6. The molecule has 0 amide bonds. The third-order valence-electron chi connectivity index (χ3n) is 4.04. The number of nitrogens with one attached hydrogen (secondary N) is 2. The molecule has 0 unspecified atom stereocenters. The number of benzene rings is 1. The molecule has 1 aromatic rings. The molecule has 1 aromatic carbocycles. The SMILES string of the molecule is N=C(N)NC[C@H](C(=O)CCCc1ccc(O)cc1)[C@@H](N)[C@](N)(O)C(=O)O. The molecule has 1 rings (SSSR count). The molecular weight excluding hydrogens is 342 g/mol. The number of aliphatic hydroxyl groups is 1. The summed E-state index contributed by atoms with van der Waals surface area (Å²) in [5.74, 6) is -3.59. The van der Waals surface area contributed by atoms with Gasteiger partial charge in [-0.1, -0.05) is 12.1 Å². The average Bonchev–Trinajstić information content (AvgIpc) is 2.56. The number of rotatable bonds is 10. The number of carboxylic acid groups (broad SMARTS) is 1. The molecular formula is C16H25N5O5. The minimum absolute atomic E-state index is 0.0640. The molecule has 0 aromatic heterocycles. The van der Waals surface area contributed by atoms with E-state index in [2.05, 4.69) is 5.32 Å². The van der Waals surface area contributed by atoms with Crippen LogP contribution in [0.25, 0.3) is 0 Å². The summed E-state index contributed by atoms with van der Waals surface area (Å²) < 4.78 is 0. The highest BCUT2D eigenvalue weighted by atomic mass is 16.4. The van der Waals surface area contributed by atoms with Gasteiger partial charge in [-0.25, -0.2) is 4.79 Å². The fraction of sp³-hybridized carbons (Fsp3) is 0.438. The standard InChI is InChI=1S/C16H25N5O5/c17-13(16(20,26)14(24)25)11(8-21-15(18)19)12(23)3-1-2-9-4-6-10(22)7-5-9/h4-7,11,13,22,26H,1-3,8,17,20H2,(H,24,25)(H4,18,19,21)/t11-,13-,16+/m1/s1. The number of hydrogen-bond donors (Lipinski definition) is 8. The lowest BCUT2D eigenvalue weighted by molar-refractivity contribution is -0.162. The molecule has 11 N–H and O–H groups in total. The van der Waals surface area contributed by atoms with Crippen molar-refractivity contribution in [1.82, 2.24) is 5.32 Å². The Kier molecular flexibility index (Phi) is 7.50. The van der Waals surface area contributed by atoms with Gasteiger partial charge in [0.05, 0.1) is 12.0 Å². The van der Waals surface area contributed by atoms with Crippen LogP contribution in [0.2, 0.25) is 0 Å². The van der Waals surface area contributed by atoms with Gasteiger partial charge in [0.1, 0.15) is 11.5 Å². The lowest BCUT2D eigenvalue weighted by atomic mass is 9.86. The molecule has 0 saturated carbocycles. The number of guanidine groups is 1. The van der Waals surface area contributed by atoms with Crippen molar-refractivity contribution in [1.29, 1.82) is 5.41 Å². The van der Waals surface area contributed by atoms with Crippen molar-refractivity contribution in [3.8, 4) is 5.75 Å². The second kappa shape index (κ2) is 9.13. The maximum absolute atomic E-state index is 12.5. The number of nitrogens with two attached hydrogens (primary N) is 3. The summed E-state index contributed by atoms with van der Waals surface area (Å²) in [6.45, 7) is -0.221. The summed E-state index contributed by atoms with van der Waals surface area (Å²) in [6.07, 6.45) is 1.07. The minimum Gasteiger partial charge on any atom is -0.508 e. The highest BCUT2D eigenvalue weighted by Gasteiger charge is 2.44. The van der Waals surface area contributed by atoms with E-state index < -0.39 is 35.4 Å². The molecule has 10 nitrogen and oxygen atoms in total. The number of carbonyl (C=O) groups is 2. The van der Waals surface area contributed by atoms with Crippen molar-refractivity contribution in [3.05, 3.63) is 29.8 Å². The zero-order valence-electron chi connectivity index (χ0n) is 14.2. The molecule has 0 saturated heterocycles. The second-order valence-corrected chi connectivity index (χ2v) is 6.04. The Morgan fingerprint density at radius 3 is 2.35 bits per heavy atom. The first-order chi connectivity index (χ1) is 12.1. The Morgan fingerprint density at radius 2 is 1.85 bits per heavy atom. The van der Waals surface area contributed by atoms with Gasteiger partial charge in [-0.3, -0.25) is 15.9 Å². The fourth-order valence-electron chi connectivity index (χ4n) is 2.43. The van der Waals surface area contributed by atoms with Crippen LogP contribution >= 0.6 is 0 Å². The number of Topliss-reactive ketones (excluding diaryl/α,β-unsaturated/α-hetero) is 1. The Labute approximate surface area is 150 Å². The van der Waals surface area contributed by atoms with Crippen LogP contribution in [-0.4, -0.2) is 51.3 Å². The number of aliphatic carboxylic acids is 1. The van der Waals surface area contributed by atoms with Crippen LogP contribution in [-0.2, 0) is 16.0 Å². The van der Waals surface area contributed by atoms with Crippen LogP contribution in [0.3, 0.4) is 0 Å². The number of aromatic hydroxyl groups is 1. The number of phenolic OH excluding ortho intramolecular Hbond substituents is 1. The predicted molar refractivity (Wildman–Crippen MR) is 94.2 cm³/mol. The van der Waals surface area contributed by atoms with Gasteiger partial charge in [0.25, 0.3) is 0 Å². The minimum atomic E-state index is -2.80. The quantitative estimate of drug-likeness (QED) is 0.136. The van der Waals surface area contributed by atoms with Gasteiger partial charge in [0.2, 0.25) is 5.72 Å². The Morgan fingerprint density at radius 1 is 1.27 bits per heavy atom. The van der Waals surface area contributed by atoms with E-state index in [-0.39, 0.29) is 18.7 Å². The molecule has 3 atom stereocenters. The molecule has 10 heteroatoms. The van der Waals surface area contributed by atoms with Gasteiger partial charge in [0.15, 0.2) is 5.96 Å². The van der Waals surface area contributed by atoms with E-state index in [9.17, 15) is 19.8 Å². The number of ketones is 1. The first-order valence-corrected chi connectivity index (χ1v) is 7.94. The molecule has 144 valence electrons. The van der Waals surface area contributed by atoms with E-state index >= 15 is 0 Å². The van der Waals surface area contributed by atoms with Crippen LogP contribution in [0.15, 0.2) is 24.3 Å². The zero-order chi connectivity index (χ0) is 19.9. The molecule has 0 aliphatic rings. The second-order valence-electron chi connectivity index (χ2n) is 6.04. The molecule has 0 spiro atoms. The normalized spacial score (nSPS) is 15.5. The van der Waals surface area contributed by atoms with Crippen molar-refractivity contribution in [2.24, 2.45) is 23.1 Å². The molecule has 0 radical (unpaired) electrons. The maximum atomic E-state index is 12.5. The third-order valence-corrected chi connectivity index (χ3v) is 4.04. The van der Waals surface area contributed by atoms with Crippen LogP contribution < -0.4 is 22.5 Å². The van der Waals surface area contributed by atoms with Crippen molar-refractivity contribution < 1.29 is 24.9 Å². The molecule has 26 heavy (non-hydrogen) atoms. The number of carbonyl (C=O) groups excluding carboxylic acids is 1. The summed E-state index contributed by atoms with van der Waals surface area (Å²) in [6, 6.07) is 4.93. The molecule has 0 aliphatic heterocycles. The third kappa shape index (κ3) is 5.99. The Hall–Kier alpha value is -2.69. The number of hydrogen-bond acceptors (Lipinski definition) is 7. The lowest BCUT2D eigenvalue weighted by Gasteiger charge is -2.31. The predicted octanol–water partition coefficient (Wildman–Crippen LogP) is -1.56. The number of carboxylic acids is 1. The van der Waals surface area contributed by atoms with Crippen LogP contribution in [0.5, 0.6) is 5.75 Å². The van der Waals surface area contributed by atoms with Gasteiger partial charge in [0, 0.05) is 13.0 Å². The van der Waals surface area contributed by atoms with Gasteiger partial charge >= 0.3 is 5.97 Å². The van der Waals surface area contributed by atoms with Crippen LogP contribution in [0.4, 0.5) is 0 Å². The summed E-state index contributed by atoms with van der Waals surface area (Å²) in [7, 11) is 0. The monoisotopic (exact) mass is 367 g/mol. The van der Waals surface area contributed by atoms with E-state index in [1.807, 2.05) is 0 Å². The van der Waals surface area contributed by atoms with Gasteiger partial charge in [-0.05, 0) is 30.5 Å². The van der Waals surface area contributed by atoms with E-state index in [1.54, 1.807) is 12.1 Å². The average molecular weight is 367 g/mol. The van der Waals surface area contributed by atoms with E-state index in [4.69, 9.17) is 27.7 Å². The van der Waals surface area contributed by atoms with Crippen LogP contribution in [0, 0.1) is 11.3 Å². The summed E-state index contributed by atoms with van der Waals surface area (Å²) in [5.41, 5.74) is 14.4. The van der Waals surface area contributed by atoms with Crippen molar-refractivity contribution in [3.63, 3.8) is 0 Å². The number of aryl methyl sites for hydroxylation is 1. The Bertz CT molecular complexity index is 647. The first-order valence-electron chi connectivity index (χ1n) is 7.94. The summed E-state index contributed by atoms with van der Waals surface area (Å²) in [5, 5.41) is 37.6. The number of phenols is 1. The molecule has 0 aliphatic carbocycles. The van der Waals surface area contributed by atoms with E-state index in [1.165, 1.54) is 12.1 Å². The smallest absolute Gasteiger partial charge is 0.352 e. The van der Waals surface area contributed by atoms with Crippen molar-refractivity contribution >= 4 is 17.7 Å². The van der Waals surface area contributed by atoms with E-state index in [0.29, 0.717) is 12.8 Å². The Balaban J connectivity index is 2.75. The maximum Gasteiger partial charge on any atom is 0.352 e. The van der Waals surface area contributed by atoms with Gasteiger partial charge < -0.3 is 32.1 Å². The zero-order valence-corrected chi connectivity index (χ0v) is 14.2. The van der Waals surface area contributed by atoms with Crippen molar-refractivity contribution in [2.75, 3.05) is 6.54 Å². The fourth-order valence-corrected chi connectivity index (χ4v) is 2.43.